The fourth-order valence-electron chi connectivity index (χ4n) is 3.09. The third kappa shape index (κ3) is 5.54. The number of carbonyl (C=O) groups is 2. The molecule has 1 heterocycles. The highest BCUT2D eigenvalue weighted by atomic mass is 16.5. The average molecular weight is 347 g/mol. The third-order valence-corrected chi connectivity index (χ3v) is 4.83. The first kappa shape index (κ1) is 19.4. The Bertz CT molecular complexity index is 556. The lowest BCUT2D eigenvalue weighted by Crippen LogP contribution is -2.45. The highest BCUT2D eigenvalue weighted by Gasteiger charge is 2.29. The molecule has 1 aromatic carbocycles. The maximum absolute atomic E-state index is 12.7. The Morgan fingerprint density at radius 3 is 2.52 bits per heavy atom. The number of piperidine rings is 1. The van der Waals surface area contributed by atoms with E-state index in [0.717, 1.165) is 18.4 Å². The SMILES string of the molecule is CNC(=O)CCOC1CCN(C(=O)C(C)C(N)c2ccccc2)CC1. The predicted octanol–water partition coefficient (Wildman–Crippen LogP) is 1.47. The molecule has 0 radical (unpaired) electrons. The van der Waals surface area contributed by atoms with Gasteiger partial charge in [0.05, 0.1) is 18.6 Å². The molecule has 6 heteroatoms. The molecule has 3 N–H and O–H groups in total. The van der Waals surface area contributed by atoms with Crippen LogP contribution >= 0.6 is 0 Å². The molecule has 0 spiro atoms. The lowest BCUT2D eigenvalue weighted by Gasteiger charge is -2.34. The third-order valence-electron chi connectivity index (χ3n) is 4.83. The van der Waals surface area contributed by atoms with Crippen LogP contribution in [0.1, 0.15) is 37.8 Å². The van der Waals surface area contributed by atoms with Gasteiger partial charge in [0, 0.05) is 32.6 Å². The van der Waals surface area contributed by atoms with Gasteiger partial charge in [0.15, 0.2) is 0 Å². The van der Waals surface area contributed by atoms with Crippen molar-refractivity contribution in [1.29, 1.82) is 0 Å². The minimum absolute atomic E-state index is 0.0173. The summed E-state index contributed by atoms with van der Waals surface area (Å²) in [4.78, 5) is 25.8. The first-order valence-electron chi connectivity index (χ1n) is 8.94. The minimum atomic E-state index is -0.296. The van der Waals surface area contributed by atoms with Crippen LogP contribution in [0.3, 0.4) is 0 Å². The lowest BCUT2D eigenvalue weighted by molar-refractivity contribution is -0.138. The maximum Gasteiger partial charge on any atom is 0.227 e. The van der Waals surface area contributed by atoms with Crippen LogP contribution in [-0.4, -0.2) is 49.6 Å². The van der Waals surface area contributed by atoms with Gasteiger partial charge in [-0.15, -0.1) is 0 Å². The Balaban J connectivity index is 1.77. The fraction of sp³-hybridized carbons (Fsp3) is 0.579. The van der Waals surface area contributed by atoms with E-state index < -0.39 is 0 Å². The van der Waals surface area contributed by atoms with Crippen LogP contribution in [0.5, 0.6) is 0 Å². The second-order valence-electron chi connectivity index (χ2n) is 6.54. The van der Waals surface area contributed by atoms with Gasteiger partial charge >= 0.3 is 0 Å². The van der Waals surface area contributed by atoms with Crippen molar-refractivity contribution in [3.05, 3.63) is 35.9 Å². The van der Waals surface area contributed by atoms with Gasteiger partial charge < -0.3 is 20.7 Å². The van der Waals surface area contributed by atoms with Gasteiger partial charge in [0.2, 0.25) is 11.8 Å². The van der Waals surface area contributed by atoms with Crippen LogP contribution in [0, 0.1) is 5.92 Å². The van der Waals surface area contributed by atoms with E-state index in [1.54, 1.807) is 7.05 Å². The minimum Gasteiger partial charge on any atom is -0.378 e. The Morgan fingerprint density at radius 1 is 1.28 bits per heavy atom. The second-order valence-corrected chi connectivity index (χ2v) is 6.54. The van der Waals surface area contributed by atoms with Crippen molar-refractivity contribution in [2.45, 2.75) is 38.3 Å². The van der Waals surface area contributed by atoms with E-state index in [0.29, 0.717) is 26.1 Å². The molecule has 1 saturated heterocycles. The van der Waals surface area contributed by atoms with E-state index in [4.69, 9.17) is 10.5 Å². The molecule has 2 amide bonds. The molecule has 1 aliphatic rings. The Labute approximate surface area is 149 Å². The summed E-state index contributed by atoms with van der Waals surface area (Å²) in [5, 5.41) is 2.58. The number of likely N-dealkylation sites (tertiary alicyclic amines) is 1. The van der Waals surface area contributed by atoms with Gasteiger partial charge in [0.25, 0.3) is 0 Å². The van der Waals surface area contributed by atoms with Crippen LogP contribution < -0.4 is 11.1 Å². The van der Waals surface area contributed by atoms with Crippen LogP contribution in [-0.2, 0) is 14.3 Å². The molecule has 1 fully saturated rings. The molecule has 2 unspecified atom stereocenters. The van der Waals surface area contributed by atoms with Gasteiger partial charge in [-0.05, 0) is 18.4 Å². The van der Waals surface area contributed by atoms with Crippen molar-refractivity contribution in [2.24, 2.45) is 11.7 Å². The number of benzene rings is 1. The summed E-state index contributed by atoms with van der Waals surface area (Å²) in [5.41, 5.74) is 7.25. The van der Waals surface area contributed by atoms with E-state index in [1.807, 2.05) is 42.2 Å². The van der Waals surface area contributed by atoms with Crippen LogP contribution in [0.4, 0.5) is 0 Å². The molecule has 138 valence electrons. The van der Waals surface area contributed by atoms with E-state index in [2.05, 4.69) is 5.32 Å². The predicted molar refractivity (Wildman–Crippen MR) is 96.8 cm³/mol. The van der Waals surface area contributed by atoms with Crippen LogP contribution in [0.25, 0.3) is 0 Å². The summed E-state index contributed by atoms with van der Waals surface area (Å²) >= 11 is 0. The first-order chi connectivity index (χ1) is 12.0. The number of hydrogen-bond acceptors (Lipinski definition) is 4. The van der Waals surface area contributed by atoms with Crippen molar-refractivity contribution in [1.82, 2.24) is 10.2 Å². The molecule has 1 aromatic rings. The smallest absolute Gasteiger partial charge is 0.227 e. The standard InChI is InChI=1S/C19H29N3O3/c1-14(18(20)15-6-4-3-5-7-15)19(24)22-11-8-16(9-12-22)25-13-10-17(23)21-2/h3-7,14,16,18H,8-13,20H2,1-2H3,(H,21,23). The summed E-state index contributed by atoms with van der Waals surface area (Å²) in [7, 11) is 1.62. The van der Waals surface area contributed by atoms with Crippen molar-refractivity contribution < 1.29 is 14.3 Å². The van der Waals surface area contributed by atoms with Gasteiger partial charge in [-0.2, -0.15) is 0 Å². The molecule has 25 heavy (non-hydrogen) atoms. The van der Waals surface area contributed by atoms with Crippen molar-refractivity contribution >= 4 is 11.8 Å². The summed E-state index contributed by atoms with van der Waals surface area (Å²) in [6, 6.07) is 9.44. The monoisotopic (exact) mass is 347 g/mol. The number of rotatable bonds is 7. The first-order valence-corrected chi connectivity index (χ1v) is 8.94. The summed E-state index contributed by atoms with van der Waals surface area (Å²) < 4.78 is 5.74. The molecule has 6 nitrogen and oxygen atoms in total. The highest BCUT2D eigenvalue weighted by molar-refractivity contribution is 5.79. The number of ether oxygens (including phenoxy) is 1. The van der Waals surface area contributed by atoms with Crippen LogP contribution in [0.15, 0.2) is 30.3 Å². The zero-order valence-corrected chi connectivity index (χ0v) is 15.1. The van der Waals surface area contributed by atoms with Crippen molar-refractivity contribution in [3.8, 4) is 0 Å². The molecule has 2 atom stereocenters. The van der Waals surface area contributed by atoms with Gasteiger partial charge in [-0.3, -0.25) is 9.59 Å². The summed E-state index contributed by atoms with van der Waals surface area (Å²) in [6.45, 7) is 3.67. The quantitative estimate of drug-likeness (QED) is 0.782. The maximum atomic E-state index is 12.7. The number of amides is 2. The zero-order valence-electron chi connectivity index (χ0n) is 15.1. The zero-order chi connectivity index (χ0) is 18.2. The topological polar surface area (TPSA) is 84.7 Å². The molecule has 0 bridgehead atoms. The van der Waals surface area contributed by atoms with E-state index in [1.165, 1.54) is 0 Å². The molecule has 0 aliphatic carbocycles. The lowest BCUT2D eigenvalue weighted by atomic mass is 9.93. The number of nitrogens with zero attached hydrogens (tertiary/aromatic N) is 1. The molecule has 1 aliphatic heterocycles. The fourth-order valence-corrected chi connectivity index (χ4v) is 3.09. The molecule has 0 aromatic heterocycles. The van der Waals surface area contributed by atoms with Crippen molar-refractivity contribution in [3.63, 3.8) is 0 Å². The molecule has 2 rings (SSSR count). The largest absolute Gasteiger partial charge is 0.378 e. The van der Waals surface area contributed by atoms with Gasteiger partial charge in [0.1, 0.15) is 0 Å². The number of nitrogens with one attached hydrogen (secondary N) is 1. The Morgan fingerprint density at radius 2 is 1.92 bits per heavy atom. The van der Waals surface area contributed by atoms with Gasteiger partial charge in [-0.25, -0.2) is 0 Å². The molecular weight excluding hydrogens is 318 g/mol. The summed E-state index contributed by atoms with van der Waals surface area (Å²) in [5.74, 6) is -0.176. The highest BCUT2D eigenvalue weighted by Crippen LogP contribution is 2.23. The van der Waals surface area contributed by atoms with E-state index in [-0.39, 0.29) is 29.9 Å². The second kappa shape index (κ2) is 9.53. The van der Waals surface area contributed by atoms with E-state index in [9.17, 15) is 9.59 Å². The number of hydrogen-bond donors (Lipinski definition) is 2. The normalized spacial score (nSPS) is 17.8. The Hall–Kier alpha value is -1.92. The molecular formula is C19H29N3O3. The average Bonchev–Trinajstić information content (AvgIpc) is 2.67. The number of nitrogens with two attached hydrogens (primary N) is 1. The van der Waals surface area contributed by atoms with Crippen molar-refractivity contribution in [2.75, 3.05) is 26.7 Å². The van der Waals surface area contributed by atoms with E-state index >= 15 is 0 Å². The molecule has 0 saturated carbocycles. The Kier molecular flexibility index (Phi) is 7.40. The number of carbonyl (C=O) groups excluding carboxylic acids is 2. The summed E-state index contributed by atoms with van der Waals surface area (Å²) in [6.07, 6.45) is 2.09. The van der Waals surface area contributed by atoms with Gasteiger partial charge in [-0.1, -0.05) is 37.3 Å². The van der Waals surface area contributed by atoms with Crippen LogP contribution in [0.2, 0.25) is 0 Å².